The lowest BCUT2D eigenvalue weighted by Crippen LogP contribution is -2.28. The quantitative estimate of drug-likeness (QED) is 0.870. The van der Waals surface area contributed by atoms with E-state index in [4.69, 9.17) is 9.47 Å². The van der Waals surface area contributed by atoms with Crippen LogP contribution < -0.4 is 10.1 Å². The number of rotatable bonds is 5. The van der Waals surface area contributed by atoms with E-state index >= 15 is 0 Å². The van der Waals surface area contributed by atoms with Gasteiger partial charge in [0.15, 0.2) is 0 Å². The molecule has 1 N–H and O–H groups in total. The minimum Gasteiger partial charge on any atom is -0.496 e. The Kier molecular flexibility index (Phi) is 4.61. The van der Waals surface area contributed by atoms with Gasteiger partial charge in [-0.3, -0.25) is 0 Å². The molecule has 0 spiro atoms. The third kappa shape index (κ3) is 2.85. The van der Waals surface area contributed by atoms with Crippen molar-refractivity contribution in [1.82, 2.24) is 5.32 Å². The molecule has 0 bridgehead atoms. The molecule has 3 nitrogen and oxygen atoms in total. The smallest absolute Gasteiger partial charge is 0.121 e. The van der Waals surface area contributed by atoms with Crippen molar-refractivity contribution in [2.24, 2.45) is 5.92 Å². The number of hydrogen-bond acceptors (Lipinski definition) is 3. The van der Waals surface area contributed by atoms with Gasteiger partial charge in [-0.05, 0) is 37.1 Å². The fraction of sp³-hybridized carbons (Fsp3) is 0.600. The maximum Gasteiger partial charge on any atom is 0.121 e. The first-order valence-electron chi connectivity index (χ1n) is 6.72. The van der Waals surface area contributed by atoms with Crippen LogP contribution in [0, 0.1) is 12.8 Å². The highest BCUT2D eigenvalue weighted by Gasteiger charge is 2.26. The fourth-order valence-corrected chi connectivity index (χ4v) is 2.69. The van der Waals surface area contributed by atoms with Crippen molar-refractivity contribution >= 4 is 0 Å². The summed E-state index contributed by atoms with van der Waals surface area (Å²) in [5, 5.41) is 3.58. The SMILES string of the molecule is CCNC(c1ccc(OC)c(C)c1)C1CCOC1. The lowest BCUT2D eigenvalue weighted by atomic mass is 9.91. The molecule has 1 fully saturated rings. The van der Waals surface area contributed by atoms with Gasteiger partial charge in [-0.2, -0.15) is 0 Å². The zero-order valence-corrected chi connectivity index (χ0v) is 11.5. The number of benzene rings is 1. The molecule has 1 aromatic rings. The van der Waals surface area contributed by atoms with Gasteiger partial charge in [0.25, 0.3) is 0 Å². The molecule has 2 rings (SSSR count). The third-order valence-corrected chi connectivity index (χ3v) is 3.64. The molecular weight excluding hydrogens is 226 g/mol. The summed E-state index contributed by atoms with van der Waals surface area (Å²) in [6, 6.07) is 6.84. The second-order valence-electron chi connectivity index (χ2n) is 4.89. The first-order valence-corrected chi connectivity index (χ1v) is 6.72. The second kappa shape index (κ2) is 6.21. The predicted octanol–water partition coefficient (Wildman–Crippen LogP) is 2.69. The number of ether oxygens (including phenoxy) is 2. The van der Waals surface area contributed by atoms with Gasteiger partial charge >= 0.3 is 0 Å². The van der Waals surface area contributed by atoms with Gasteiger partial charge in [-0.15, -0.1) is 0 Å². The van der Waals surface area contributed by atoms with E-state index in [0.717, 1.165) is 31.9 Å². The van der Waals surface area contributed by atoms with Crippen molar-refractivity contribution in [1.29, 1.82) is 0 Å². The molecule has 2 atom stereocenters. The van der Waals surface area contributed by atoms with Gasteiger partial charge in [0.2, 0.25) is 0 Å². The summed E-state index contributed by atoms with van der Waals surface area (Å²) in [7, 11) is 1.72. The maximum atomic E-state index is 5.52. The zero-order chi connectivity index (χ0) is 13.0. The Morgan fingerprint density at radius 1 is 1.50 bits per heavy atom. The molecule has 1 aliphatic rings. The Labute approximate surface area is 109 Å². The Balaban J connectivity index is 2.21. The van der Waals surface area contributed by atoms with E-state index in [9.17, 15) is 0 Å². The first kappa shape index (κ1) is 13.4. The second-order valence-corrected chi connectivity index (χ2v) is 4.89. The highest BCUT2D eigenvalue weighted by molar-refractivity contribution is 5.37. The molecule has 0 saturated carbocycles. The third-order valence-electron chi connectivity index (χ3n) is 3.64. The van der Waals surface area contributed by atoms with Crippen LogP contribution in [-0.4, -0.2) is 26.9 Å². The van der Waals surface area contributed by atoms with Crippen LogP contribution in [0.5, 0.6) is 5.75 Å². The molecule has 3 heteroatoms. The lowest BCUT2D eigenvalue weighted by molar-refractivity contribution is 0.177. The van der Waals surface area contributed by atoms with Crippen LogP contribution in [0.1, 0.15) is 30.5 Å². The molecule has 1 heterocycles. The van der Waals surface area contributed by atoms with E-state index < -0.39 is 0 Å². The van der Waals surface area contributed by atoms with Crippen molar-refractivity contribution in [2.75, 3.05) is 26.9 Å². The first-order chi connectivity index (χ1) is 8.76. The molecule has 0 aliphatic carbocycles. The van der Waals surface area contributed by atoms with E-state index in [-0.39, 0.29) is 0 Å². The minimum absolute atomic E-state index is 0.391. The number of nitrogens with one attached hydrogen (secondary N) is 1. The molecule has 1 aliphatic heterocycles. The summed E-state index contributed by atoms with van der Waals surface area (Å²) in [6.07, 6.45) is 1.14. The van der Waals surface area contributed by atoms with Crippen molar-refractivity contribution < 1.29 is 9.47 Å². The van der Waals surface area contributed by atoms with Crippen LogP contribution in [0.4, 0.5) is 0 Å². The summed E-state index contributed by atoms with van der Waals surface area (Å²) in [5.74, 6) is 1.54. The Hall–Kier alpha value is -1.06. The molecule has 18 heavy (non-hydrogen) atoms. The van der Waals surface area contributed by atoms with Crippen molar-refractivity contribution in [2.45, 2.75) is 26.3 Å². The van der Waals surface area contributed by atoms with Gasteiger partial charge in [-0.1, -0.05) is 19.1 Å². The van der Waals surface area contributed by atoms with Gasteiger partial charge in [-0.25, -0.2) is 0 Å². The van der Waals surface area contributed by atoms with E-state index in [1.165, 1.54) is 11.1 Å². The highest BCUT2D eigenvalue weighted by Crippen LogP contribution is 2.31. The lowest BCUT2D eigenvalue weighted by Gasteiger charge is -2.24. The summed E-state index contributed by atoms with van der Waals surface area (Å²) in [5.41, 5.74) is 2.53. The number of hydrogen-bond donors (Lipinski definition) is 1. The summed E-state index contributed by atoms with van der Waals surface area (Å²) >= 11 is 0. The van der Waals surface area contributed by atoms with Crippen molar-refractivity contribution in [3.8, 4) is 5.75 Å². The van der Waals surface area contributed by atoms with Crippen molar-refractivity contribution in [3.05, 3.63) is 29.3 Å². The molecular formula is C15H23NO2. The van der Waals surface area contributed by atoms with E-state index in [1.807, 2.05) is 0 Å². The van der Waals surface area contributed by atoms with Crippen LogP contribution in [0.3, 0.4) is 0 Å². The fourth-order valence-electron chi connectivity index (χ4n) is 2.69. The zero-order valence-electron chi connectivity index (χ0n) is 11.5. The topological polar surface area (TPSA) is 30.5 Å². The van der Waals surface area contributed by atoms with Crippen LogP contribution in [0.25, 0.3) is 0 Å². The Bertz CT molecular complexity index is 386. The maximum absolute atomic E-state index is 5.52. The average molecular weight is 249 g/mol. The molecule has 1 saturated heterocycles. The van der Waals surface area contributed by atoms with Crippen LogP contribution in [-0.2, 0) is 4.74 Å². The van der Waals surface area contributed by atoms with E-state index in [2.05, 4.69) is 37.4 Å². The molecule has 0 aromatic heterocycles. The molecule has 1 aromatic carbocycles. The standard InChI is InChI=1S/C15H23NO2/c1-4-16-15(13-7-8-18-10-13)12-5-6-14(17-3)11(2)9-12/h5-6,9,13,15-16H,4,7-8,10H2,1-3H3. The number of methoxy groups -OCH3 is 1. The summed E-state index contributed by atoms with van der Waals surface area (Å²) in [4.78, 5) is 0. The van der Waals surface area contributed by atoms with Gasteiger partial charge in [0.05, 0.1) is 13.7 Å². The summed E-state index contributed by atoms with van der Waals surface area (Å²) in [6.45, 7) is 6.98. The largest absolute Gasteiger partial charge is 0.496 e. The normalized spacial score (nSPS) is 20.9. The highest BCUT2D eigenvalue weighted by atomic mass is 16.5. The van der Waals surface area contributed by atoms with Crippen LogP contribution in [0.15, 0.2) is 18.2 Å². The van der Waals surface area contributed by atoms with Gasteiger partial charge < -0.3 is 14.8 Å². The van der Waals surface area contributed by atoms with Crippen LogP contribution >= 0.6 is 0 Å². The molecule has 2 unspecified atom stereocenters. The molecule has 0 radical (unpaired) electrons. The molecule has 100 valence electrons. The minimum atomic E-state index is 0.391. The Morgan fingerprint density at radius 3 is 2.89 bits per heavy atom. The monoisotopic (exact) mass is 249 g/mol. The Morgan fingerprint density at radius 2 is 2.33 bits per heavy atom. The van der Waals surface area contributed by atoms with Crippen molar-refractivity contribution in [3.63, 3.8) is 0 Å². The van der Waals surface area contributed by atoms with Crippen LogP contribution in [0.2, 0.25) is 0 Å². The predicted molar refractivity (Wildman–Crippen MR) is 73.1 cm³/mol. The van der Waals surface area contributed by atoms with Gasteiger partial charge in [0.1, 0.15) is 5.75 Å². The molecule has 0 amide bonds. The average Bonchev–Trinajstić information content (AvgIpc) is 2.89. The van der Waals surface area contributed by atoms with E-state index in [0.29, 0.717) is 12.0 Å². The number of aryl methyl sites for hydroxylation is 1. The van der Waals surface area contributed by atoms with E-state index in [1.54, 1.807) is 7.11 Å². The van der Waals surface area contributed by atoms with Gasteiger partial charge in [0, 0.05) is 18.6 Å². The summed E-state index contributed by atoms with van der Waals surface area (Å²) < 4.78 is 10.8.